The molecule has 0 aliphatic rings. The lowest BCUT2D eigenvalue weighted by Gasteiger charge is -2.05. The van der Waals surface area contributed by atoms with Gasteiger partial charge in [-0.1, -0.05) is 129 Å². The van der Waals surface area contributed by atoms with Crippen molar-refractivity contribution in [3.8, 4) is 0 Å². The number of hydrogen-bond acceptors (Lipinski definition) is 3. The van der Waals surface area contributed by atoms with Gasteiger partial charge in [-0.15, -0.1) is 0 Å². The summed E-state index contributed by atoms with van der Waals surface area (Å²) in [6.07, 6.45) is 27.7. The lowest BCUT2D eigenvalue weighted by molar-refractivity contribution is -0.145. The Kier molecular flexibility index (Phi) is 25.3. The molecule has 0 heterocycles. The summed E-state index contributed by atoms with van der Waals surface area (Å²) < 4.78 is 5.19. The second kappa shape index (κ2) is 26.2. The molecule has 4 heteroatoms. The van der Waals surface area contributed by atoms with E-state index in [2.05, 4.69) is 12.2 Å². The van der Waals surface area contributed by atoms with Crippen molar-refractivity contribution in [1.82, 2.24) is 5.32 Å². The number of carbonyl (C=O) groups is 2. The monoisotopic (exact) mass is 453 g/mol. The van der Waals surface area contributed by atoms with Crippen molar-refractivity contribution in [2.24, 2.45) is 0 Å². The predicted octanol–water partition coefficient (Wildman–Crippen LogP) is 8.27. The van der Waals surface area contributed by atoms with Gasteiger partial charge in [0, 0.05) is 13.0 Å². The fourth-order valence-electron chi connectivity index (χ4n) is 4.12. The first kappa shape index (κ1) is 30.9. The molecule has 1 N–H and O–H groups in total. The number of carbonyl (C=O) groups excluding carboxylic acids is 2. The van der Waals surface area contributed by atoms with E-state index < -0.39 is 0 Å². The Morgan fingerprint density at radius 1 is 0.531 bits per heavy atom. The van der Waals surface area contributed by atoms with Gasteiger partial charge in [-0.3, -0.25) is 9.59 Å². The van der Waals surface area contributed by atoms with Crippen LogP contribution in [-0.4, -0.2) is 25.0 Å². The van der Waals surface area contributed by atoms with Crippen LogP contribution in [0.15, 0.2) is 0 Å². The summed E-state index contributed by atoms with van der Waals surface area (Å²) in [4.78, 5) is 22.8. The van der Waals surface area contributed by atoms with E-state index in [4.69, 9.17) is 4.74 Å². The quantitative estimate of drug-likeness (QED) is 0.112. The molecule has 0 aliphatic heterocycles. The molecule has 0 aromatic heterocycles. The molecule has 0 unspecified atom stereocenters. The van der Waals surface area contributed by atoms with Crippen molar-refractivity contribution < 1.29 is 14.3 Å². The second-order valence-electron chi connectivity index (χ2n) is 9.39. The fourth-order valence-corrected chi connectivity index (χ4v) is 4.12. The number of unbranched alkanes of at least 4 members (excludes halogenated alkanes) is 19. The summed E-state index contributed by atoms with van der Waals surface area (Å²) in [6, 6.07) is 0. The summed E-state index contributed by atoms with van der Waals surface area (Å²) in [5.41, 5.74) is 0. The molecule has 0 saturated heterocycles. The maximum Gasteiger partial charge on any atom is 0.306 e. The van der Waals surface area contributed by atoms with Gasteiger partial charge in [-0.25, -0.2) is 0 Å². The zero-order chi connectivity index (χ0) is 23.5. The van der Waals surface area contributed by atoms with Gasteiger partial charge in [0.05, 0.1) is 13.0 Å². The van der Waals surface area contributed by atoms with Crippen LogP contribution in [0, 0.1) is 0 Å². The summed E-state index contributed by atoms with van der Waals surface area (Å²) in [5.74, 6) is -0.336. The van der Waals surface area contributed by atoms with Crippen molar-refractivity contribution in [2.75, 3.05) is 13.2 Å². The van der Waals surface area contributed by atoms with E-state index in [-0.39, 0.29) is 24.7 Å². The van der Waals surface area contributed by atoms with Crippen molar-refractivity contribution in [3.63, 3.8) is 0 Å². The molecule has 32 heavy (non-hydrogen) atoms. The first-order valence-electron chi connectivity index (χ1n) is 14.1. The maximum atomic E-state index is 11.6. The van der Waals surface area contributed by atoms with Crippen LogP contribution in [0.2, 0.25) is 0 Å². The molecule has 0 atom stereocenters. The molecule has 0 aliphatic carbocycles. The third kappa shape index (κ3) is 25.2. The molecule has 190 valence electrons. The van der Waals surface area contributed by atoms with E-state index in [1.165, 1.54) is 116 Å². The maximum absolute atomic E-state index is 11.6. The molecule has 4 nitrogen and oxygen atoms in total. The standard InChI is InChI=1S/C28H55NO3/c1-3-5-6-7-8-9-10-11-12-13-14-15-16-17-18-19-20-21-22-23-26-32-28(31)25-24-27(30)29-4-2/h3-26H2,1-2H3,(H,29,30). The number of hydrogen-bond donors (Lipinski definition) is 1. The third-order valence-corrected chi connectivity index (χ3v) is 6.19. The Balaban J connectivity index is 3.13. The smallest absolute Gasteiger partial charge is 0.306 e. The van der Waals surface area contributed by atoms with Crippen LogP contribution in [0.4, 0.5) is 0 Å². The third-order valence-electron chi connectivity index (χ3n) is 6.19. The highest BCUT2D eigenvalue weighted by atomic mass is 16.5. The molecule has 0 fully saturated rings. The summed E-state index contributed by atoms with van der Waals surface area (Å²) >= 11 is 0. The SMILES string of the molecule is CCCCCCCCCCCCCCCCCCCCCCOC(=O)CCC(=O)NCC. The Labute approximate surface area is 200 Å². The van der Waals surface area contributed by atoms with Crippen LogP contribution >= 0.6 is 0 Å². The van der Waals surface area contributed by atoms with E-state index in [0.717, 1.165) is 12.8 Å². The second-order valence-corrected chi connectivity index (χ2v) is 9.39. The van der Waals surface area contributed by atoms with Crippen molar-refractivity contribution >= 4 is 11.9 Å². The van der Waals surface area contributed by atoms with Crippen molar-refractivity contribution in [3.05, 3.63) is 0 Å². The molecule has 0 bridgehead atoms. The zero-order valence-corrected chi connectivity index (χ0v) is 21.7. The van der Waals surface area contributed by atoms with Gasteiger partial charge < -0.3 is 10.1 Å². The van der Waals surface area contributed by atoms with Crippen LogP contribution in [-0.2, 0) is 14.3 Å². The van der Waals surface area contributed by atoms with Crippen LogP contribution in [0.25, 0.3) is 0 Å². The average Bonchev–Trinajstić information content (AvgIpc) is 2.79. The first-order chi connectivity index (χ1) is 15.7. The molecule has 1 amide bonds. The Morgan fingerprint density at radius 3 is 1.28 bits per heavy atom. The number of esters is 1. The minimum Gasteiger partial charge on any atom is -0.466 e. The molecule has 0 rings (SSSR count). The van der Waals surface area contributed by atoms with Crippen LogP contribution in [0.3, 0.4) is 0 Å². The van der Waals surface area contributed by atoms with Crippen molar-refractivity contribution in [1.29, 1.82) is 0 Å². The Hall–Kier alpha value is -1.06. The van der Waals surface area contributed by atoms with E-state index in [1.54, 1.807) is 0 Å². The molecule has 0 spiro atoms. The Morgan fingerprint density at radius 2 is 0.906 bits per heavy atom. The van der Waals surface area contributed by atoms with E-state index in [1.807, 2.05) is 6.92 Å². The van der Waals surface area contributed by atoms with Gasteiger partial charge in [-0.2, -0.15) is 0 Å². The molecular formula is C28H55NO3. The normalized spacial score (nSPS) is 10.9. The van der Waals surface area contributed by atoms with Gasteiger partial charge in [0.15, 0.2) is 0 Å². The highest BCUT2D eigenvalue weighted by Crippen LogP contribution is 2.14. The Bertz CT molecular complexity index is 411. The first-order valence-corrected chi connectivity index (χ1v) is 14.1. The van der Waals surface area contributed by atoms with Gasteiger partial charge in [-0.05, 0) is 13.3 Å². The number of amides is 1. The molecular weight excluding hydrogens is 398 g/mol. The lowest BCUT2D eigenvalue weighted by Crippen LogP contribution is -2.23. The van der Waals surface area contributed by atoms with Gasteiger partial charge >= 0.3 is 5.97 Å². The van der Waals surface area contributed by atoms with E-state index in [0.29, 0.717) is 13.2 Å². The summed E-state index contributed by atoms with van der Waals surface area (Å²) in [7, 11) is 0. The highest BCUT2D eigenvalue weighted by molar-refractivity contribution is 5.81. The van der Waals surface area contributed by atoms with Gasteiger partial charge in [0.2, 0.25) is 5.91 Å². The van der Waals surface area contributed by atoms with E-state index in [9.17, 15) is 9.59 Å². The summed E-state index contributed by atoms with van der Waals surface area (Å²) in [6.45, 7) is 5.25. The van der Waals surface area contributed by atoms with Gasteiger partial charge in [0.25, 0.3) is 0 Å². The van der Waals surface area contributed by atoms with Crippen LogP contribution in [0.5, 0.6) is 0 Å². The van der Waals surface area contributed by atoms with Crippen LogP contribution < -0.4 is 5.32 Å². The fraction of sp³-hybridized carbons (Fsp3) is 0.929. The number of nitrogens with one attached hydrogen (secondary N) is 1. The molecule has 0 saturated carbocycles. The minimum absolute atomic E-state index is 0.0803. The number of ether oxygens (including phenoxy) is 1. The summed E-state index contributed by atoms with van der Waals surface area (Å²) in [5, 5.41) is 2.69. The van der Waals surface area contributed by atoms with Crippen LogP contribution in [0.1, 0.15) is 155 Å². The lowest BCUT2D eigenvalue weighted by atomic mass is 10.0. The molecule has 0 aromatic rings. The van der Waals surface area contributed by atoms with Crippen molar-refractivity contribution in [2.45, 2.75) is 155 Å². The molecule has 0 radical (unpaired) electrons. The zero-order valence-electron chi connectivity index (χ0n) is 21.7. The van der Waals surface area contributed by atoms with E-state index >= 15 is 0 Å². The highest BCUT2D eigenvalue weighted by Gasteiger charge is 2.06. The van der Waals surface area contributed by atoms with Gasteiger partial charge in [0.1, 0.15) is 0 Å². The minimum atomic E-state index is -0.256. The number of rotatable bonds is 25. The topological polar surface area (TPSA) is 55.4 Å². The average molecular weight is 454 g/mol. The largest absolute Gasteiger partial charge is 0.466 e. The predicted molar refractivity (Wildman–Crippen MR) is 137 cm³/mol. The molecule has 0 aromatic carbocycles.